The fourth-order valence-electron chi connectivity index (χ4n) is 1.24. The van der Waals surface area contributed by atoms with Crippen molar-refractivity contribution in [2.24, 2.45) is 5.41 Å². The van der Waals surface area contributed by atoms with Crippen molar-refractivity contribution < 1.29 is 9.90 Å². The van der Waals surface area contributed by atoms with E-state index in [-0.39, 0.29) is 5.41 Å². The van der Waals surface area contributed by atoms with Crippen molar-refractivity contribution in [3.8, 4) is 0 Å². The minimum atomic E-state index is -0.855. The first kappa shape index (κ1) is 12.2. The lowest BCUT2D eigenvalue weighted by molar-refractivity contribution is -0.131. The summed E-state index contributed by atoms with van der Waals surface area (Å²) in [4.78, 5) is 10.2. The number of carboxylic acids is 1. The zero-order valence-corrected chi connectivity index (χ0v) is 8.84. The molecular formula is C11H20O2. The summed E-state index contributed by atoms with van der Waals surface area (Å²) in [5.41, 5.74) is 0.238. The standard InChI is InChI=1S/C11H20O2/c1-4-5-8-11(2,3)9-6-7-10(12)13/h6-7H,4-5,8-9H2,1-3H3,(H,12,13). The van der Waals surface area contributed by atoms with Crippen LogP contribution in [0.2, 0.25) is 0 Å². The van der Waals surface area contributed by atoms with Gasteiger partial charge in [0.2, 0.25) is 0 Å². The Morgan fingerprint density at radius 3 is 2.54 bits per heavy atom. The SMILES string of the molecule is CCCCC(C)(C)CC=CC(=O)O. The molecule has 0 spiro atoms. The van der Waals surface area contributed by atoms with E-state index in [1.807, 2.05) is 0 Å². The first-order valence-electron chi connectivity index (χ1n) is 4.87. The molecule has 0 bridgehead atoms. The van der Waals surface area contributed by atoms with Crippen LogP contribution in [-0.4, -0.2) is 11.1 Å². The second-order valence-corrected chi connectivity index (χ2v) is 4.21. The van der Waals surface area contributed by atoms with Crippen LogP contribution in [0.25, 0.3) is 0 Å². The Hall–Kier alpha value is -0.790. The Labute approximate surface area is 80.7 Å². The zero-order valence-electron chi connectivity index (χ0n) is 8.84. The molecule has 0 aliphatic rings. The van der Waals surface area contributed by atoms with Gasteiger partial charge in [0.1, 0.15) is 0 Å². The smallest absolute Gasteiger partial charge is 0.327 e. The van der Waals surface area contributed by atoms with Crippen molar-refractivity contribution in [2.45, 2.75) is 46.5 Å². The van der Waals surface area contributed by atoms with Crippen molar-refractivity contribution in [3.63, 3.8) is 0 Å². The topological polar surface area (TPSA) is 37.3 Å². The normalized spacial score (nSPS) is 12.2. The number of hydrogen-bond acceptors (Lipinski definition) is 1. The molecule has 0 aromatic rings. The van der Waals surface area contributed by atoms with Crippen LogP contribution in [0.15, 0.2) is 12.2 Å². The van der Waals surface area contributed by atoms with Crippen LogP contribution >= 0.6 is 0 Å². The van der Waals surface area contributed by atoms with Gasteiger partial charge in [0.15, 0.2) is 0 Å². The summed E-state index contributed by atoms with van der Waals surface area (Å²) in [6, 6.07) is 0. The highest BCUT2D eigenvalue weighted by atomic mass is 16.4. The van der Waals surface area contributed by atoms with Crippen LogP contribution in [0.3, 0.4) is 0 Å². The Kier molecular flexibility index (Phi) is 5.44. The Balaban J connectivity index is 3.80. The van der Waals surface area contributed by atoms with Gasteiger partial charge in [-0.25, -0.2) is 4.79 Å². The molecule has 0 heterocycles. The van der Waals surface area contributed by atoms with E-state index in [2.05, 4.69) is 20.8 Å². The summed E-state index contributed by atoms with van der Waals surface area (Å²) in [5.74, 6) is -0.855. The average Bonchev–Trinajstić information content (AvgIpc) is 2.00. The molecule has 0 aromatic carbocycles. The van der Waals surface area contributed by atoms with Crippen LogP contribution in [0, 0.1) is 5.41 Å². The van der Waals surface area contributed by atoms with E-state index in [1.165, 1.54) is 18.9 Å². The molecule has 2 heteroatoms. The molecule has 13 heavy (non-hydrogen) atoms. The summed E-state index contributed by atoms with van der Waals surface area (Å²) in [5, 5.41) is 8.40. The average molecular weight is 184 g/mol. The molecule has 0 saturated heterocycles. The number of aliphatic carboxylic acids is 1. The van der Waals surface area contributed by atoms with Gasteiger partial charge in [-0.3, -0.25) is 0 Å². The van der Waals surface area contributed by atoms with Gasteiger partial charge >= 0.3 is 5.97 Å². The highest BCUT2D eigenvalue weighted by Crippen LogP contribution is 2.27. The van der Waals surface area contributed by atoms with Crippen LogP contribution in [0.4, 0.5) is 0 Å². The van der Waals surface area contributed by atoms with Gasteiger partial charge in [0.05, 0.1) is 0 Å². The van der Waals surface area contributed by atoms with Gasteiger partial charge in [-0.1, -0.05) is 39.7 Å². The quantitative estimate of drug-likeness (QED) is 0.643. The summed E-state index contributed by atoms with van der Waals surface area (Å²) in [7, 11) is 0. The lowest BCUT2D eigenvalue weighted by atomic mass is 9.84. The Morgan fingerprint density at radius 2 is 2.08 bits per heavy atom. The number of rotatable bonds is 6. The molecule has 76 valence electrons. The van der Waals surface area contributed by atoms with E-state index >= 15 is 0 Å². The summed E-state index contributed by atoms with van der Waals surface area (Å²) in [6.45, 7) is 6.52. The highest BCUT2D eigenvalue weighted by molar-refractivity contribution is 5.79. The highest BCUT2D eigenvalue weighted by Gasteiger charge is 2.14. The molecule has 0 aliphatic heterocycles. The fourth-order valence-corrected chi connectivity index (χ4v) is 1.24. The molecule has 0 radical (unpaired) electrons. The second-order valence-electron chi connectivity index (χ2n) is 4.21. The predicted molar refractivity (Wildman–Crippen MR) is 54.7 cm³/mol. The van der Waals surface area contributed by atoms with Crippen LogP contribution in [0.5, 0.6) is 0 Å². The molecule has 0 atom stereocenters. The minimum Gasteiger partial charge on any atom is -0.478 e. The Morgan fingerprint density at radius 1 is 1.46 bits per heavy atom. The lowest BCUT2D eigenvalue weighted by Gasteiger charge is -2.22. The van der Waals surface area contributed by atoms with Crippen LogP contribution in [0.1, 0.15) is 46.5 Å². The van der Waals surface area contributed by atoms with Gasteiger partial charge in [0, 0.05) is 6.08 Å². The molecule has 2 nitrogen and oxygen atoms in total. The van der Waals surface area contributed by atoms with Crippen molar-refractivity contribution >= 4 is 5.97 Å². The van der Waals surface area contributed by atoms with Crippen molar-refractivity contribution in [2.75, 3.05) is 0 Å². The molecule has 0 aromatic heterocycles. The van der Waals surface area contributed by atoms with Gasteiger partial charge in [-0.15, -0.1) is 0 Å². The van der Waals surface area contributed by atoms with E-state index in [1.54, 1.807) is 6.08 Å². The van der Waals surface area contributed by atoms with E-state index in [0.29, 0.717) is 0 Å². The molecule has 0 rings (SSSR count). The molecule has 0 saturated carbocycles. The second kappa shape index (κ2) is 5.79. The largest absolute Gasteiger partial charge is 0.478 e. The van der Waals surface area contributed by atoms with Gasteiger partial charge in [0.25, 0.3) is 0 Å². The minimum absolute atomic E-state index is 0.238. The third kappa shape index (κ3) is 7.57. The number of unbranched alkanes of at least 4 members (excludes halogenated alkanes) is 1. The van der Waals surface area contributed by atoms with E-state index < -0.39 is 5.97 Å². The summed E-state index contributed by atoms with van der Waals surface area (Å²) in [6.07, 6.45) is 7.40. The van der Waals surface area contributed by atoms with Gasteiger partial charge in [-0.2, -0.15) is 0 Å². The van der Waals surface area contributed by atoms with Crippen LogP contribution < -0.4 is 0 Å². The van der Waals surface area contributed by atoms with Crippen molar-refractivity contribution in [3.05, 3.63) is 12.2 Å². The first-order valence-corrected chi connectivity index (χ1v) is 4.87. The first-order chi connectivity index (χ1) is 5.98. The van der Waals surface area contributed by atoms with Gasteiger partial charge < -0.3 is 5.11 Å². The number of carbonyl (C=O) groups is 1. The van der Waals surface area contributed by atoms with E-state index in [9.17, 15) is 4.79 Å². The Bertz CT molecular complexity index is 181. The predicted octanol–water partition coefficient (Wildman–Crippen LogP) is 3.23. The van der Waals surface area contributed by atoms with Crippen molar-refractivity contribution in [1.82, 2.24) is 0 Å². The maximum atomic E-state index is 10.2. The summed E-state index contributed by atoms with van der Waals surface area (Å²) >= 11 is 0. The maximum absolute atomic E-state index is 10.2. The molecule has 0 amide bonds. The molecule has 0 aliphatic carbocycles. The zero-order chi connectivity index (χ0) is 10.3. The summed E-state index contributed by atoms with van der Waals surface area (Å²) < 4.78 is 0. The molecule has 1 N–H and O–H groups in total. The lowest BCUT2D eigenvalue weighted by Crippen LogP contribution is -2.09. The third-order valence-electron chi connectivity index (χ3n) is 2.14. The molecule has 0 fully saturated rings. The van der Waals surface area contributed by atoms with Crippen LogP contribution in [-0.2, 0) is 4.79 Å². The number of hydrogen-bond donors (Lipinski definition) is 1. The monoisotopic (exact) mass is 184 g/mol. The van der Waals surface area contributed by atoms with Crippen molar-refractivity contribution in [1.29, 1.82) is 0 Å². The number of carboxylic acid groups (broad SMARTS) is 1. The third-order valence-corrected chi connectivity index (χ3v) is 2.14. The van der Waals surface area contributed by atoms with E-state index in [4.69, 9.17) is 5.11 Å². The molecular weight excluding hydrogens is 164 g/mol. The van der Waals surface area contributed by atoms with Gasteiger partial charge in [-0.05, 0) is 18.3 Å². The fraction of sp³-hybridized carbons (Fsp3) is 0.727. The van der Waals surface area contributed by atoms with E-state index in [0.717, 1.165) is 12.8 Å². The number of allylic oxidation sites excluding steroid dienone is 1. The molecule has 0 unspecified atom stereocenters. The maximum Gasteiger partial charge on any atom is 0.327 e.